The quantitative estimate of drug-likeness (QED) is 0.306. The third kappa shape index (κ3) is 4.06. The molecule has 0 unspecified atom stereocenters. The van der Waals surface area contributed by atoms with E-state index in [4.69, 9.17) is 44.6 Å². The van der Waals surface area contributed by atoms with Gasteiger partial charge < -0.3 is 19.4 Å². The van der Waals surface area contributed by atoms with Crippen LogP contribution in [0.15, 0.2) is 83.4 Å². The molecule has 4 aromatic rings. The summed E-state index contributed by atoms with van der Waals surface area (Å²) in [4.78, 5) is 6.61. The van der Waals surface area contributed by atoms with Gasteiger partial charge in [-0.15, -0.1) is 0 Å². The van der Waals surface area contributed by atoms with Crippen LogP contribution in [0.25, 0.3) is 11.3 Å². The third-order valence-corrected chi connectivity index (χ3v) is 6.72. The maximum Gasteiger partial charge on any atom is 0.174 e. The summed E-state index contributed by atoms with van der Waals surface area (Å²) < 4.78 is 11.7. The molecule has 5 nitrogen and oxygen atoms in total. The van der Waals surface area contributed by atoms with Crippen molar-refractivity contribution in [3.63, 3.8) is 0 Å². The van der Waals surface area contributed by atoms with E-state index in [2.05, 4.69) is 10.3 Å². The van der Waals surface area contributed by atoms with Gasteiger partial charge in [-0.3, -0.25) is 4.98 Å². The lowest BCUT2D eigenvalue weighted by atomic mass is 10.0. The van der Waals surface area contributed by atoms with Crippen LogP contribution in [-0.4, -0.2) is 17.2 Å². The standard InChI is InChI=1S/C25H19Cl2N3O2S/c1-31-16-10-8-15(9-11-16)30-24(23(29-25(30)33)19-7-2-3-14-28-19)21-13-12-20(32-21)17-5-4-6-18(26)22(17)27/h2-14,23-24H,1H3,(H,29,33)/t23-,24+/m0/s1. The molecule has 2 aromatic carbocycles. The topological polar surface area (TPSA) is 50.5 Å². The van der Waals surface area contributed by atoms with Crippen molar-refractivity contribution >= 4 is 46.2 Å². The van der Waals surface area contributed by atoms with Crippen molar-refractivity contribution in [1.82, 2.24) is 10.3 Å². The molecule has 0 aliphatic carbocycles. The monoisotopic (exact) mass is 495 g/mol. The Balaban J connectivity index is 1.60. The van der Waals surface area contributed by atoms with Gasteiger partial charge in [0.2, 0.25) is 0 Å². The maximum absolute atomic E-state index is 6.44. The van der Waals surface area contributed by atoms with Gasteiger partial charge in [0, 0.05) is 17.4 Å². The van der Waals surface area contributed by atoms with E-state index in [0.717, 1.165) is 28.5 Å². The Bertz CT molecular complexity index is 1290. The van der Waals surface area contributed by atoms with E-state index in [9.17, 15) is 0 Å². The summed E-state index contributed by atoms with van der Waals surface area (Å²) in [7, 11) is 1.64. The highest BCUT2D eigenvalue weighted by atomic mass is 35.5. The highest BCUT2D eigenvalue weighted by Gasteiger charge is 2.42. The van der Waals surface area contributed by atoms with Crippen molar-refractivity contribution < 1.29 is 9.15 Å². The summed E-state index contributed by atoms with van der Waals surface area (Å²) in [5.74, 6) is 2.12. The van der Waals surface area contributed by atoms with Gasteiger partial charge in [0.25, 0.3) is 0 Å². The van der Waals surface area contributed by atoms with Gasteiger partial charge in [-0.1, -0.05) is 35.3 Å². The van der Waals surface area contributed by atoms with Gasteiger partial charge in [0.15, 0.2) is 5.11 Å². The van der Waals surface area contributed by atoms with E-state index >= 15 is 0 Å². The van der Waals surface area contributed by atoms with Crippen LogP contribution in [0.5, 0.6) is 5.75 Å². The van der Waals surface area contributed by atoms with Crippen molar-refractivity contribution in [3.05, 3.63) is 100 Å². The van der Waals surface area contributed by atoms with Crippen molar-refractivity contribution in [1.29, 1.82) is 0 Å². The first-order valence-electron chi connectivity index (χ1n) is 10.3. The second kappa shape index (κ2) is 9.06. The molecule has 1 N–H and O–H groups in total. The molecule has 166 valence electrons. The number of nitrogens with one attached hydrogen (secondary N) is 1. The zero-order valence-corrected chi connectivity index (χ0v) is 19.9. The Hall–Kier alpha value is -3.06. The normalized spacial score (nSPS) is 17.8. The van der Waals surface area contributed by atoms with Crippen LogP contribution in [0.1, 0.15) is 23.5 Å². The molecule has 0 bridgehead atoms. The number of furan rings is 1. The molecule has 0 spiro atoms. The largest absolute Gasteiger partial charge is 0.497 e. The number of hydrogen-bond donors (Lipinski definition) is 1. The molecular formula is C25H19Cl2N3O2S. The fourth-order valence-electron chi connectivity index (χ4n) is 4.02. The number of benzene rings is 2. The Morgan fingerprint density at radius 2 is 1.82 bits per heavy atom. The van der Waals surface area contributed by atoms with E-state index in [1.54, 1.807) is 19.4 Å². The number of halogens is 2. The second-order valence-electron chi connectivity index (χ2n) is 7.50. The summed E-state index contributed by atoms with van der Waals surface area (Å²) in [6.07, 6.45) is 1.77. The van der Waals surface area contributed by atoms with Gasteiger partial charge in [0.05, 0.1) is 28.9 Å². The van der Waals surface area contributed by atoms with Crippen LogP contribution in [0.4, 0.5) is 5.69 Å². The molecule has 5 rings (SSSR count). The van der Waals surface area contributed by atoms with Gasteiger partial charge >= 0.3 is 0 Å². The summed E-state index contributed by atoms with van der Waals surface area (Å²) in [5.41, 5.74) is 2.50. The fraction of sp³-hybridized carbons (Fsp3) is 0.120. The summed E-state index contributed by atoms with van der Waals surface area (Å²) in [6, 6.07) is 22.4. The lowest BCUT2D eigenvalue weighted by Crippen LogP contribution is -2.29. The van der Waals surface area contributed by atoms with Crippen LogP contribution in [0.2, 0.25) is 10.0 Å². The molecule has 33 heavy (non-hydrogen) atoms. The first-order chi connectivity index (χ1) is 16.1. The average Bonchev–Trinajstić information content (AvgIpc) is 3.46. The molecule has 0 amide bonds. The predicted molar refractivity (Wildman–Crippen MR) is 135 cm³/mol. The molecule has 8 heteroatoms. The molecule has 2 aromatic heterocycles. The summed E-state index contributed by atoms with van der Waals surface area (Å²) in [5, 5.41) is 4.93. The van der Waals surface area contributed by atoms with Gasteiger partial charge in [-0.2, -0.15) is 0 Å². The molecular weight excluding hydrogens is 477 g/mol. The van der Waals surface area contributed by atoms with E-state index in [1.165, 1.54) is 0 Å². The summed E-state index contributed by atoms with van der Waals surface area (Å²) >= 11 is 18.4. The number of aromatic nitrogens is 1. The Labute approximate surface area is 206 Å². The predicted octanol–water partition coefficient (Wildman–Crippen LogP) is 6.83. The lowest BCUT2D eigenvalue weighted by Gasteiger charge is -2.26. The SMILES string of the molecule is COc1ccc(N2C(=S)N[C@@H](c3ccccn3)[C@H]2c2ccc(-c3cccc(Cl)c3Cl)o2)cc1. The van der Waals surface area contributed by atoms with Crippen LogP contribution in [-0.2, 0) is 0 Å². The number of anilines is 1. The van der Waals surface area contributed by atoms with E-state index in [1.807, 2.05) is 71.6 Å². The van der Waals surface area contributed by atoms with Crippen LogP contribution in [0, 0.1) is 0 Å². The molecule has 1 aliphatic heterocycles. The molecule has 1 aliphatic rings. The molecule has 1 fully saturated rings. The average molecular weight is 496 g/mol. The van der Waals surface area contributed by atoms with Crippen molar-refractivity contribution in [2.24, 2.45) is 0 Å². The zero-order chi connectivity index (χ0) is 22.9. The molecule has 1 saturated heterocycles. The maximum atomic E-state index is 6.44. The van der Waals surface area contributed by atoms with E-state index in [-0.39, 0.29) is 12.1 Å². The van der Waals surface area contributed by atoms with Crippen LogP contribution < -0.4 is 15.0 Å². The molecule has 0 saturated carbocycles. The van der Waals surface area contributed by atoms with Crippen molar-refractivity contribution in [3.8, 4) is 17.1 Å². The highest BCUT2D eigenvalue weighted by Crippen LogP contribution is 2.44. The Morgan fingerprint density at radius 1 is 1.00 bits per heavy atom. The van der Waals surface area contributed by atoms with Crippen molar-refractivity contribution in [2.45, 2.75) is 12.1 Å². The minimum Gasteiger partial charge on any atom is -0.497 e. The summed E-state index contributed by atoms with van der Waals surface area (Å²) in [6.45, 7) is 0. The highest BCUT2D eigenvalue weighted by molar-refractivity contribution is 7.80. The number of thiocarbonyl (C=S) groups is 1. The van der Waals surface area contributed by atoms with Gasteiger partial charge in [-0.25, -0.2) is 0 Å². The minimum absolute atomic E-state index is 0.213. The number of hydrogen-bond acceptors (Lipinski definition) is 4. The first kappa shape index (κ1) is 21.8. The minimum atomic E-state index is -0.271. The number of ether oxygens (including phenoxy) is 1. The first-order valence-corrected chi connectivity index (χ1v) is 11.4. The number of rotatable bonds is 5. The number of methoxy groups -OCH3 is 1. The van der Waals surface area contributed by atoms with Gasteiger partial charge in [-0.05, 0) is 72.9 Å². The molecule has 3 heterocycles. The lowest BCUT2D eigenvalue weighted by molar-refractivity contribution is 0.414. The smallest absolute Gasteiger partial charge is 0.174 e. The van der Waals surface area contributed by atoms with E-state index < -0.39 is 0 Å². The molecule has 0 radical (unpaired) electrons. The van der Waals surface area contributed by atoms with Crippen molar-refractivity contribution in [2.75, 3.05) is 12.0 Å². The second-order valence-corrected chi connectivity index (χ2v) is 8.67. The number of pyridine rings is 1. The van der Waals surface area contributed by atoms with E-state index in [0.29, 0.717) is 20.9 Å². The zero-order valence-electron chi connectivity index (χ0n) is 17.5. The van der Waals surface area contributed by atoms with Crippen LogP contribution >= 0.6 is 35.4 Å². The molecule has 2 atom stereocenters. The fourth-order valence-corrected chi connectivity index (χ4v) is 4.75. The van der Waals surface area contributed by atoms with Gasteiger partial charge in [0.1, 0.15) is 23.3 Å². The number of nitrogens with zero attached hydrogens (tertiary/aromatic N) is 2. The Kier molecular flexibility index (Phi) is 5.98. The Morgan fingerprint density at radius 3 is 2.55 bits per heavy atom. The third-order valence-electron chi connectivity index (χ3n) is 5.58. The van der Waals surface area contributed by atoms with Crippen LogP contribution in [0.3, 0.4) is 0 Å².